The second-order valence-electron chi connectivity index (χ2n) is 5.03. The summed E-state index contributed by atoms with van der Waals surface area (Å²) in [6, 6.07) is 15.2. The molecule has 1 N–H and O–H groups in total. The van der Waals surface area contributed by atoms with Crippen molar-refractivity contribution >= 4 is 17.5 Å². The Morgan fingerprint density at radius 2 is 1.77 bits per heavy atom. The van der Waals surface area contributed by atoms with E-state index in [2.05, 4.69) is 12.2 Å². The minimum atomic E-state index is -0.560. The van der Waals surface area contributed by atoms with Crippen LogP contribution in [0.3, 0.4) is 0 Å². The number of carbonyl (C=O) groups is 1. The first-order chi connectivity index (χ1) is 10.6. The van der Waals surface area contributed by atoms with Gasteiger partial charge < -0.3 is 10.1 Å². The predicted molar refractivity (Wildman–Crippen MR) is 89.2 cm³/mol. The highest BCUT2D eigenvalue weighted by molar-refractivity contribution is 6.31. The minimum Gasteiger partial charge on any atom is -0.481 e. The van der Waals surface area contributed by atoms with Crippen molar-refractivity contribution in [2.24, 2.45) is 0 Å². The Bertz CT molecular complexity index is 642. The molecule has 2 aromatic carbocycles. The van der Waals surface area contributed by atoms with Gasteiger partial charge in [0.05, 0.1) is 0 Å². The number of para-hydroxylation sites is 1. The van der Waals surface area contributed by atoms with Gasteiger partial charge in [-0.05, 0) is 36.6 Å². The van der Waals surface area contributed by atoms with Gasteiger partial charge in [0.25, 0.3) is 5.91 Å². The molecule has 0 aliphatic carbocycles. The van der Waals surface area contributed by atoms with Crippen LogP contribution in [0.4, 0.5) is 0 Å². The van der Waals surface area contributed by atoms with Crippen molar-refractivity contribution in [2.75, 3.05) is 0 Å². The van der Waals surface area contributed by atoms with Gasteiger partial charge in [-0.25, -0.2) is 0 Å². The molecule has 0 fully saturated rings. The van der Waals surface area contributed by atoms with Gasteiger partial charge in [-0.2, -0.15) is 0 Å². The van der Waals surface area contributed by atoms with E-state index in [-0.39, 0.29) is 5.91 Å². The largest absolute Gasteiger partial charge is 0.481 e. The smallest absolute Gasteiger partial charge is 0.261 e. The Labute approximate surface area is 136 Å². The third-order valence-corrected chi connectivity index (χ3v) is 3.81. The second kappa shape index (κ2) is 7.85. The van der Waals surface area contributed by atoms with E-state index >= 15 is 0 Å². The van der Waals surface area contributed by atoms with Gasteiger partial charge in [0.15, 0.2) is 6.10 Å². The molecule has 0 unspecified atom stereocenters. The number of aryl methyl sites for hydroxylation is 1. The van der Waals surface area contributed by atoms with E-state index in [1.807, 2.05) is 42.5 Å². The van der Waals surface area contributed by atoms with E-state index in [1.165, 1.54) is 0 Å². The molecule has 1 atom stereocenters. The maximum absolute atomic E-state index is 12.2. The lowest BCUT2D eigenvalue weighted by atomic mass is 10.1. The summed E-state index contributed by atoms with van der Waals surface area (Å²) in [5.41, 5.74) is 1.98. The SMILES string of the molecule is CCc1ccccc1O[C@H](C)C(=O)NCc1ccccc1Cl. The maximum Gasteiger partial charge on any atom is 0.261 e. The fourth-order valence-corrected chi connectivity index (χ4v) is 2.33. The van der Waals surface area contributed by atoms with E-state index in [4.69, 9.17) is 16.3 Å². The highest BCUT2D eigenvalue weighted by atomic mass is 35.5. The molecule has 22 heavy (non-hydrogen) atoms. The van der Waals surface area contributed by atoms with Crippen LogP contribution in [0.2, 0.25) is 5.02 Å². The molecule has 1 amide bonds. The topological polar surface area (TPSA) is 38.3 Å². The van der Waals surface area contributed by atoms with Crippen LogP contribution in [0, 0.1) is 0 Å². The lowest BCUT2D eigenvalue weighted by Crippen LogP contribution is -2.36. The summed E-state index contributed by atoms with van der Waals surface area (Å²) in [5, 5.41) is 3.49. The average molecular weight is 318 g/mol. The molecule has 116 valence electrons. The summed E-state index contributed by atoms with van der Waals surface area (Å²) < 4.78 is 5.77. The number of rotatable bonds is 6. The summed E-state index contributed by atoms with van der Waals surface area (Å²) >= 11 is 6.07. The van der Waals surface area contributed by atoms with Crippen molar-refractivity contribution in [1.82, 2.24) is 5.32 Å². The van der Waals surface area contributed by atoms with Gasteiger partial charge in [-0.1, -0.05) is 54.9 Å². The van der Waals surface area contributed by atoms with Gasteiger partial charge in [0.2, 0.25) is 0 Å². The molecular weight excluding hydrogens is 298 g/mol. The van der Waals surface area contributed by atoms with Crippen molar-refractivity contribution in [3.05, 3.63) is 64.7 Å². The number of hydrogen-bond donors (Lipinski definition) is 1. The number of benzene rings is 2. The number of ether oxygens (including phenoxy) is 1. The van der Waals surface area contributed by atoms with Gasteiger partial charge in [-0.15, -0.1) is 0 Å². The van der Waals surface area contributed by atoms with Crippen LogP contribution in [0.1, 0.15) is 25.0 Å². The molecule has 0 spiro atoms. The van der Waals surface area contributed by atoms with Crippen LogP contribution in [-0.2, 0) is 17.8 Å². The zero-order valence-electron chi connectivity index (χ0n) is 12.8. The molecule has 0 radical (unpaired) electrons. The lowest BCUT2D eigenvalue weighted by molar-refractivity contribution is -0.127. The van der Waals surface area contributed by atoms with Crippen LogP contribution in [0.5, 0.6) is 5.75 Å². The van der Waals surface area contributed by atoms with Crippen molar-refractivity contribution in [3.8, 4) is 5.75 Å². The minimum absolute atomic E-state index is 0.161. The van der Waals surface area contributed by atoms with E-state index in [1.54, 1.807) is 13.0 Å². The first-order valence-electron chi connectivity index (χ1n) is 7.37. The number of halogens is 1. The molecule has 0 saturated carbocycles. The zero-order chi connectivity index (χ0) is 15.9. The molecule has 2 rings (SSSR count). The van der Waals surface area contributed by atoms with E-state index in [0.717, 1.165) is 23.3 Å². The summed E-state index contributed by atoms with van der Waals surface area (Å²) in [5.74, 6) is 0.594. The molecule has 0 saturated heterocycles. The van der Waals surface area contributed by atoms with Crippen LogP contribution in [0.15, 0.2) is 48.5 Å². The van der Waals surface area contributed by atoms with Crippen molar-refractivity contribution in [3.63, 3.8) is 0 Å². The molecule has 0 heterocycles. The van der Waals surface area contributed by atoms with Crippen LogP contribution in [0.25, 0.3) is 0 Å². The average Bonchev–Trinajstić information content (AvgIpc) is 2.54. The molecule has 3 nitrogen and oxygen atoms in total. The molecule has 2 aromatic rings. The number of amides is 1. The number of nitrogens with one attached hydrogen (secondary N) is 1. The summed E-state index contributed by atoms with van der Waals surface area (Å²) in [4.78, 5) is 12.2. The normalized spacial score (nSPS) is 11.8. The van der Waals surface area contributed by atoms with Crippen molar-refractivity contribution in [2.45, 2.75) is 32.9 Å². The highest BCUT2D eigenvalue weighted by Crippen LogP contribution is 2.20. The monoisotopic (exact) mass is 317 g/mol. The number of carbonyl (C=O) groups excluding carboxylic acids is 1. The first kappa shape index (κ1) is 16.4. The Morgan fingerprint density at radius 3 is 2.45 bits per heavy atom. The second-order valence-corrected chi connectivity index (χ2v) is 5.44. The maximum atomic E-state index is 12.2. The van der Waals surface area contributed by atoms with Crippen LogP contribution in [-0.4, -0.2) is 12.0 Å². The summed E-state index contributed by atoms with van der Waals surface area (Å²) in [6.07, 6.45) is 0.305. The Kier molecular flexibility index (Phi) is 5.84. The Hall–Kier alpha value is -2.00. The first-order valence-corrected chi connectivity index (χ1v) is 7.75. The van der Waals surface area contributed by atoms with E-state index in [9.17, 15) is 4.79 Å². The molecule has 0 bridgehead atoms. The molecule has 0 aliphatic rings. The van der Waals surface area contributed by atoms with Crippen LogP contribution < -0.4 is 10.1 Å². The summed E-state index contributed by atoms with van der Waals surface area (Å²) in [7, 11) is 0. The third-order valence-electron chi connectivity index (χ3n) is 3.44. The number of hydrogen-bond acceptors (Lipinski definition) is 2. The van der Waals surface area contributed by atoms with Gasteiger partial charge in [0, 0.05) is 11.6 Å². The molecule has 0 aromatic heterocycles. The highest BCUT2D eigenvalue weighted by Gasteiger charge is 2.15. The van der Waals surface area contributed by atoms with Gasteiger partial charge in [-0.3, -0.25) is 4.79 Å². The molecular formula is C18H20ClNO2. The quantitative estimate of drug-likeness (QED) is 0.875. The predicted octanol–water partition coefficient (Wildman–Crippen LogP) is 3.99. The van der Waals surface area contributed by atoms with Crippen molar-refractivity contribution < 1.29 is 9.53 Å². The Morgan fingerprint density at radius 1 is 1.14 bits per heavy atom. The van der Waals surface area contributed by atoms with Crippen LogP contribution >= 0.6 is 11.6 Å². The zero-order valence-corrected chi connectivity index (χ0v) is 13.6. The standard InChI is InChI=1S/C18H20ClNO2/c1-3-14-8-5-7-11-17(14)22-13(2)18(21)20-12-15-9-4-6-10-16(15)19/h4-11,13H,3,12H2,1-2H3,(H,20,21)/t13-/m1/s1. The summed E-state index contributed by atoms with van der Waals surface area (Å²) in [6.45, 7) is 4.19. The third kappa shape index (κ3) is 4.25. The van der Waals surface area contributed by atoms with Gasteiger partial charge in [0.1, 0.15) is 5.75 Å². The fraction of sp³-hybridized carbons (Fsp3) is 0.278. The molecule has 4 heteroatoms. The van der Waals surface area contributed by atoms with Crippen molar-refractivity contribution in [1.29, 1.82) is 0 Å². The fourth-order valence-electron chi connectivity index (χ4n) is 2.12. The van der Waals surface area contributed by atoms with E-state index < -0.39 is 6.10 Å². The van der Waals surface area contributed by atoms with E-state index in [0.29, 0.717) is 11.6 Å². The van der Waals surface area contributed by atoms with Gasteiger partial charge >= 0.3 is 0 Å². The lowest BCUT2D eigenvalue weighted by Gasteiger charge is -2.17. The Balaban J connectivity index is 1.94. The molecule has 0 aliphatic heterocycles.